The van der Waals surface area contributed by atoms with Crippen LogP contribution in [-0.2, 0) is 0 Å². The molecule has 5 heteroatoms. The molecule has 0 aliphatic rings. The van der Waals surface area contributed by atoms with E-state index in [9.17, 15) is 9.18 Å². The van der Waals surface area contributed by atoms with Crippen molar-refractivity contribution in [2.75, 3.05) is 5.43 Å². The molecule has 12 heavy (non-hydrogen) atoms. The lowest BCUT2D eigenvalue weighted by atomic mass is 10.2. The van der Waals surface area contributed by atoms with E-state index in [0.717, 1.165) is 0 Å². The Balaban J connectivity index is 3.23. The normalized spacial score (nSPS) is 9.50. The van der Waals surface area contributed by atoms with Gasteiger partial charge >= 0.3 is 5.97 Å². The molecule has 1 aromatic rings. The summed E-state index contributed by atoms with van der Waals surface area (Å²) < 4.78 is 13.0. The van der Waals surface area contributed by atoms with Crippen LogP contribution in [-0.4, -0.2) is 11.1 Å². The number of rotatable bonds is 2. The molecule has 0 radical (unpaired) electrons. The van der Waals surface area contributed by atoms with Gasteiger partial charge in [-0.1, -0.05) is 6.07 Å². The molecule has 0 bridgehead atoms. The van der Waals surface area contributed by atoms with Gasteiger partial charge in [-0.3, -0.25) is 5.84 Å². The molecular formula is C7H7FN2O2. The predicted octanol–water partition coefficient (Wildman–Crippen LogP) is 0.810. The van der Waals surface area contributed by atoms with Crippen LogP contribution < -0.4 is 11.3 Å². The molecule has 0 atom stereocenters. The lowest BCUT2D eigenvalue weighted by Gasteiger charge is -2.02. The van der Waals surface area contributed by atoms with Gasteiger partial charge in [0.25, 0.3) is 0 Å². The first-order valence-corrected chi connectivity index (χ1v) is 3.15. The number of carboxylic acids is 1. The SMILES string of the molecule is NNc1cccc(C(=O)O)c1F. The summed E-state index contributed by atoms with van der Waals surface area (Å²) in [5, 5.41) is 8.48. The highest BCUT2D eigenvalue weighted by Crippen LogP contribution is 2.16. The minimum absolute atomic E-state index is 0.0325. The van der Waals surface area contributed by atoms with Crippen molar-refractivity contribution in [2.45, 2.75) is 0 Å². The summed E-state index contributed by atoms with van der Waals surface area (Å²) in [5.41, 5.74) is 1.62. The maximum absolute atomic E-state index is 13.0. The Morgan fingerprint density at radius 3 is 2.75 bits per heavy atom. The molecule has 0 aliphatic carbocycles. The van der Waals surface area contributed by atoms with E-state index in [-0.39, 0.29) is 5.69 Å². The molecule has 1 aromatic carbocycles. The Kier molecular flexibility index (Phi) is 2.25. The zero-order valence-electron chi connectivity index (χ0n) is 6.04. The molecule has 4 N–H and O–H groups in total. The van der Waals surface area contributed by atoms with Crippen molar-refractivity contribution in [1.82, 2.24) is 0 Å². The number of nitrogen functional groups attached to an aromatic ring is 1. The molecule has 0 saturated heterocycles. The van der Waals surface area contributed by atoms with Crippen LogP contribution in [0.1, 0.15) is 10.4 Å². The Hall–Kier alpha value is -1.62. The highest BCUT2D eigenvalue weighted by Gasteiger charge is 2.12. The lowest BCUT2D eigenvalue weighted by Crippen LogP contribution is -2.11. The Labute approximate surface area is 67.8 Å². The van der Waals surface area contributed by atoms with Gasteiger partial charge in [-0.2, -0.15) is 0 Å². The molecule has 0 unspecified atom stereocenters. The number of hydrazine groups is 1. The number of nitrogens with one attached hydrogen (secondary N) is 1. The third-order valence-electron chi connectivity index (χ3n) is 1.38. The topological polar surface area (TPSA) is 75.3 Å². The van der Waals surface area contributed by atoms with E-state index in [0.29, 0.717) is 0 Å². The average Bonchev–Trinajstić information content (AvgIpc) is 2.04. The van der Waals surface area contributed by atoms with E-state index >= 15 is 0 Å². The number of carboxylic acid groups (broad SMARTS) is 1. The summed E-state index contributed by atoms with van der Waals surface area (Å²) in [6.07, 6.45) is 0. The third-order valence-corrected chi connectivity index (χ3v) is 1.38. The van der Waals surface area contributed by atoms with Crippen molar-refractivity contribution in [3.05, 3.63) is 29.6 Å². The van der Waals surface area contributed by atoms with E-state index in [1.54, 1.807) is 0 Å². The number of anilines is 1. The molecule has 0 saturated carbocycles. The lowest BCUT2D eigenvalue weighted by molar-refractivity contribution is 0.0692. The van der Waals surface area contributed by atoms with E-state index in [4.69, 9.17) is 10.9 Å². The largest absolute Gasteiger partial charge is 0.478 e. The van der Waals surface area contributed by atoms with E-state index in [2.05, 4.69) is 5.43 Å². The van der Waals surface area contributed by atoms with Crippen molar-refractivity contribution in [2.24, 2.45) is 5.84 Å². The summed E-state index contributed by atoms with van der Waals surface area (Å²) in [7, 11) is 0. The first-order chi connectivity index (χ1) is 5.66. The first kappa shape index (κ1) is 8.48. The maximum atomic E-state index is 13.0. The second-order valence-electron chi connectivity index (χ2n) is 2.12. The van der Waals surface area contributed by atoms with E-state index < -0.39 is 17.3 Å². The fourth-order valence-corrected chi connectivity index (χ4v) is 0.809. The van der Waals surface area contributed by atoms with Gasteiger partial charge < -0.3 is 10.5 Å². The standard InChI is InChI=1S/C7H7FN2O2/c8-6-4(7(11)12)2-1-3-5(6)10-9/h1-3,10H,9H2,(H,11,12). The van der Waals surface area contributed by atoms with Gasteiger partial charge in [0.2, 0.25) is 0 Å². The second-order valence-corrected chi connectivity index (χ2v) is 2.12. The van der Waals surface area contributed by atoms with Crippen molar-refractivity contribution < 1.29 is 14.3 Å². The molecule has 0 aromatic heterocycles. The van der Waals surface area contributed by atoms with Gasteiger partial charge in [-0.05, 0) is 12.1 Å². The summed E-state index contributed by atoms with van der Waals surface area (Å²) in [4.78, 5) is 10.4. The van der Waals surface area contributed by atoms with Crippen LogP contribution in [0.15, 0.2) is 18.2 Å². The molecule has 0 amide bonds. The monoisotopic (exact) mass is 170 g/mol. The first-order valence-electron chi connectivity index (χ1n) is 3.15. The summed E-state index contributed by atoms with van der Waals surface area (Å²) in [6.45, 7) is 0. The van der Waals surface area contributed by atoms with Crippen molar-refractivity contribution in [3.8, 4) is 0 Å². The van der Waals surface area contributed by atoms with Gasteiger partial charge in [0.1, 0.15) is 0 Å². The number of aromatic carboxylic acids is 1. The molecule has 0 aliphatic heterocycles. The van der Waals surface area contributed by atoms with Crippen molar-refractivity contribution in [1.29, 1.82) is 0 Å². The van der Waals surface area contributed by atoms with Crippen LogP contribution in [0.5, 0.6) is 0 Å². The van der Waals surface area contributed by atoms with Crippen molar-refractivity contribution in [3.63, 3.8) is 0 Å². The minimum Gasteiger partial charge on any atom is -0.478 e. The quantitative estimate of drug-likeness (QED) is 0.453. The average molecular weight is 170 g/mol. The van der Waals surface area contributed by atoms with Crippen LogP contribution in [0.25, 0.3) is 0 Å². The molecule has 4 nitrogen and oxygen atoms in total. The summed E-state index contributed by atoms with van der Waals surface area (Å²) in [5.74, 6) is 2.77. The predicted molar refractivity (Wildman–Crippen MR) is 41.2 cm³/mol. The van der Waals surface area contributed by atoms with Gasteiger partial charge in [-0.25, -0.2) is 9.18 Å². The molecule has 0 fully saturated rings. The number of halogens is 1. The van der Waals surface area contributed by atoms with Gasteiger partial charge in [0.05, 0.1) is 11.3 Å². The van der Waals surface area contributed by atoms with Crippen molar-refractivity contribution >= 4 is 11.7 Å². The number of nitrogens with two attached hydrogens (primary N) is 1. The highest BCUT2D eigenvalue weighted by atomic mass is 19.1. The zero-order valence-corrected chi connectivity index (χ0v) is 6.04. The molecular weight excluding hydrogens is 163 g/mol. The smallest absolute Gasteiger partial charge is 0.338 e. The zero-order chi connectivity index (χ0) is 9.14. The number of benzene rings is 1. The van der Waals surface area contributed by atoms with Gasteiger partial charge in [0, 0.05) is 0 Å². The molecule has 64 valence electrons. The fourth-order valence-electron chi connectivity index (χ4n) is 0.809. The Morgan fingerprint density at radius 1 is 1.58 bits per heavy atom. The maximum Gasteiger partial charge on any atom is 0.338 e. The van der Waals surface area contributed by atoms with Gasteiger partial charge in [0.15, 0.2) is 5.82 Å². The minimum atomic E-state index is -1.32. The van der Waals surface area contributed by atoms with Crippen LogP contribution >= 0.6 is 0 Å². The van der Waals surface area contributed by atoms with Crippen LogP contribution in [0.4, 0.5) is 10.1 Å². The number of hydrogen-bond donors (Lipinski definition) is 3. The van der Waals surface area contributed by atoms with E-state index in [1.807, 2.05) is 0 Å². The number of hydrogen-bond acceptors (Lipinski definition) is 3. The summed E-state index contributed by atoms with van der Waals surface area (Å²) in [6, 6.07) is 3.92. The van der Waals surface area contributed by atoms with Crippen LogP contribution in [0.3, 0.4) is 0 Å². The third kappa shape index (κ3) is 1.35. The second kappa shape index (κ2) is 3.19. The van der Waals surface area contributed by atoms with Gasteiger partial charge in [-0.15, -0.1) is 0 Å². The Morgan fingerprint density at radius 2 is 2.25 bits per heavy atom. The molecule has 0 heterocycles. The molecule has 0 spiro atoms. The Bertz CT molecular complexity index is 314. The number of carbonyl (C=O) groups is 1. The van der Waals surface area contributed by atoms with Crippen LogP contribution in [0.2, 0.25) is 0 Å². The highest BCUT2D eigenvalue weighted by molar-refractivity contribution is 5.89. The molecule has 1 rings (SSSR count). The summed E-state index contributed by atoms with van der Waals surface area (Å²) >= 11 is 0. The van der Waals surface area contributed by atoms with Crippen LogP contribution in [0, 0.1) is 5.82 Å². The van der Waals surface area contributed by atoms with E-state index in [1.165, 1.54) is 18.2 Å². The fraction of sp³-hybridized carbons (Fsp3) is 0.